The zero-order chi connectivity index (χ0) is 8.48. The molecule has 11 heavy (non-hydrogen) atoms. The molecule has 0 amide bonds. The highest BCUT2D eigenvalue weighted by atomic mass is 16.8. The van der Waals surface area contributed by atoms with E-state index in [1.165, 1.54) is 0 Å². The van der Waals surface area contributed by atoms with E-state index in [2.05, 4.69) is 16.1 Å². The SMILES string of the molecule is C=CC1(N)OC(=O)CC(=O)O1. The Morgan fingerprint density at radius 3 is 2.27 bits per heavy atom. The lowest BCUT2D eigenvalue weighted by molar-refractivity contribution is -0.225. The van der Waals surface area contributed by atoms with Gasteiger partial charge in [0.05, 0.1) is 0 Å². The highest BCUT2D eigenvalue weighted by Gasteiger charge is 2.36. The van der Waals surface area contributed by atoms with Gasteiger partial charge in [0.2, 0.25) is 0 Å². The number of hydrogen-bond donors (Lipinski definition) is 1. The molecule has 0 atom stereocenters. The summed E-state index contributed by atoms with van der Waals surface area (Å²) in [5.74, 6) is -3.18. The number of cyclic esters (lactones) is 2. The molecule has 0 aromatic heterocycles. The summed E-state index contributed by atoms with van der Waals surface area (Å²) in [7, 11) is 0. The van der Waals surface area contributed by atoms with Gasteiger partial charge in [-0.3, -0.25) is 15.3 Å². The Morgan fingerprint density at radius 1 is 1.45 bits per heavy atom. The van der Waals surface area contributed by atoms with Crippen molar-refractivity contribution in [2.24, 2.45) is 5.73 Å². The number of nitrogens with two attached hydrogens (primary N) is 1. The first-order valence-electron chi connectivity index (χ1n) is 2.92. The van der Waals surface area contributed by atoms with E-state index >= 15 is 0 Å². The Hall–Kier alpha value is -1.36. The molecule has 60 valence electrons. The van der Waals surface area contributed by atoms with E-state index in [0.29, 0.717) is 0 Å². The summed E-state index contributed by atoms with van der Waals surface area (Å²) >= 11 is 0. The van der Waals surface area contributed by atoms with Crippen molar-refractivity contribution in [2.75, 3.05) is 0 Å². The van der Waals surface area contributed by atoms with Crippen molar-refractivity contribution < 1.29 is 19.1 Å². The van der Waals surface area contributed by atoms with Gasteiger partial charge in [0, 0.05) is 6.08 Å². The Labute approximate surface area is 62.8 Å². The van der Waals surface area contributed by atoms with Gasteiger partial charge in [0.25, 0.3) is 0 Å². The van der Waals surface area contributed by atoms with Crippen molar-refractivity contribution in [1.29, 1.82) is 0 Å². The first-order valence-corrected chi connectivity index (χ1v) is 2.92. The van der Waals surface area contributed by atoms with Crippen LogP contribution in [0.2, 0.25) is 0 Å². The molecule has 0 aromatic rings. The van der Waals surface area contributed by atoms with Crippen LogP contribution in [0.5, 0.6) is 0 Å². The summed E-state index contributed by atoms with van der Waals surface area (Å²) in [4.78, 5) is 21.2. The molecule has 1 heterocycles. The van der Waals surface area contributed by atoms with E-state index in [4.69, 9.17) is 5.73 Å². The average molecular weight is 157 g/mol. The molecular weight excluding hydrogens is 150 g/mol. The predicted molar refractivity (Wildman–Crippen MR) is 33.9 cm³/mol. The maximum absolute atomic E-state index is 10.6. The summed E-state index contributed by atoms with van der Waals surface area (Å²) in [6.45, 7) is 3.25. The molecule has 5 nitrogen and oxygen atoms in total. The third-order valence-corrected chi connectivity index (χ3v) is 1.12. The molecule has 2 N–H and O–H groups in total. The van der Waals surface area contributed by atoms with E-state index in [-0.39, 0.29) is 0 Å². The molecule has 0 aromatic carbocycles. The number of rotatable bonds is 1. The van der Waals surface area contributed by atoms with Crippen molar-refractivity contribution in [3.05, 3.63) is 12.7 Å². The summed E-state index contributed by atoms with van der Waals surface area (Å²) in [6, 6.07) is 0. The maximum Gasteiger partial charge on any atom is 0.336 e. The largest absolute Gasteiger partial charge is 0.405 e. The molecule has 1 aliphatic rings. The maximum atomic E-state index is 10.6. The monoisotopic (exact) mass is 157 g/mol. The van der Waals surface area contributed by atoms with Crippen molar-refractivity contribution in [3.63, 3.8) is 0 Å². The third-order valence-electron chi connectivity index (χ3n) is 1.12. The van der Waals surface area contributed by atoms with Gasteiger partial charge in [0.15, 0.2) is 0 Å². The summed E-state index contributed by atoms with van der Waals surface area (Å²) in [5, 5.41) is 0. The molecule has 1 rings (SSSR count). The van der Waals surface area contributed by atoms with Gasteiger partial charge in [-0.15, -0.1) is 0 Å². The van der Waals surface area contributed by atoms with Crippen molar-refractivity contribution in [3.8, 4) is 0 Å². The van der Waals surface area contributed by atoms with Gasteiger partial charge in [-0.25, -0.2) is 0 Å². The van der Waals surface area contributed by atoms with Crippen LogP contribution < -0.4 is 5.73 Å². The minimum Gasteiger partial charge on any atom is -0.405 e. The molecule has 1 aliphatic heterocycles. The van der Waals surface area contributed by atoms with Gasteiger partial charge < -0.3 is 9.47 Å². The van der Waals surface area contributed by atoms with Gasteiger partial charge in [0.1, 0.15) is 6.42 Å². The van der Waals surface area contributed by atoms with Crippen LogP contribution in [0.4, 0.5) is 0 Å². The second kappa shape index (κ2) is 2.35. The highest BCUT2D eigenvalue weighted by molar-refractivity contribution is 5.93. The number of carbonyl (C=O) groups excluding carboxylic acids is 2. The minimum absolute atomic E-state index is 0.396. The van der Waals surface area contributed by atoms with Gasteiger partial charge >= 0.3 is 17.8 Å². The normalized spacial score (nSPS) is 21.9. The van der Waals surface area contributed by atoms with E-state index in [0.717, 1.165) is 6.08 Å². The summed E-state index contributed by atoms with van der Waals surface area (Å²) in [5.41, 5.74) is 5.24. The van der Waals surface area contributed by atoms with Crippen LogP contribution in [-0.4, -0.2) is 17.8 Å². The second-order valence-corrected chi connectivity index (χ2v) is 2.05. The first kappa shape index (κ1) is 7.74. The van der Waals surface area contributed by atoms with Crippen molar-refractivity contribution in [1.82, 2.24) is 0 Å². The van der Waals surface area contributed by atoms with Crippen LogP contribution in [0.3, 0.4) is 0 Å². The second-order valence-electron chi connectivity index (χ2n) is 2.05. The molecule has 1 saturated heterocycles. The lowest BCUT2D eigenvalue weighted by Gasteiger charge is -2.28. The molecule has 0 saturated carbocycles. The summed E-state index contributed by atoms with van der Waals surface area (Å²) in [6.07, 6.45) is 0.648. The van der Waals surface area contributed by atoms with Crippen molar-refractivity contribution >= 4 is 11.9 Å². The van der Waals surface area contributed by atoms with Crippen LogP contribution in [0.15, 0.2) is 12.7 Å². The van der Waals surface area contributed by atoms with E-state index < -0.39 is 24.3 Å². The van der Waals surface area contributed by atoms with Crippen LogP contribution >= 0.6 is 0 Å². The Bertz CT molecular complexity index is 207. The molecule has 5 heteroatoms. The van der Waals surface area contributed by atoms with Crippen LogP contribution in [0.1, 0.15) is 6.42 Å². The topological polar surface area (TPSA) is 78.6 Å². The van der Waals surface area contributed by atoms with E-state index in [1.807, 2.05) is 0 Å². The number of ether oxygens (including phenoxy) is 2. The van der Waals surface area contributed by atoms with Crippen molar-refractivity contribution in [2.45, 2.75) is 12.3 Å². The standard InChI is InChI=1S/C6H7NO4/c1-2-6(7)10-4(8)3-5(9)11-6/h2H,1,3,7H2. The number of hydrogen-bond acceptors (Lipinski definition) is 5. The summed E-state index contributed by atoms with van der Waals surface area (Å²) < 4.78 is 8.94. The van der Waals surface area contributed by atoms with Gasteiger partial charge in [-0.2, -0.15) is 0 Å². The molecule has 0 unspecified atom stereocenters. The fourth-order valence-electron chi connectivity index (χ4n) is 0.650. The lowest BCUT2D eigenvalue weighted by atomic mass is 10.3. The Morgan fingerprint density at radius 2 is 1.91 bits per heavy atom. The predicted octanol–water partition coefficient (Wildman–Crippen LogP) is -0.725. The molecule has 1 fully saturated rings. The average Bonchev–Trinajstić information content (AvgIpc) is 1.84. The molecule has 0 radical (unpaired) electrons. The highest BCUT2D eigenvalue weighted by Crippen LogP contribution is 2.15. The fourth-order valence-corrected chi connectivity index (χ4v) is 0.650. The zero-order valence-electron chi connectivity index (χ0n) is 5.70. The first-order chi connectivity index (χ1) is 5.06. The number of esters is 2. The smallest absolute Gasteiger partial charge is 0.336 e. The minimum atomic E-state index is -1.77. The van der Waals surface area contributed by atoms with Gasteiger partial charge in [-0.1, -0.05) is 6.58 Å². The molecule has 0 bridgehead atoms. The van der Waals surface area contributed by atoms with E-state index in [1.54, 1.807) is 0 Å². The fraction of sp³-hybridized carbons (Fsp3) is 0.333. The molecule has 0 aliphatic carbocycles. The Kier molecular flexibility index (Phi) is 1.66. The van der Waals surface area contributed by atoms with Gasteiger partial charge in [-0.05, 0) is 0 Å². The van der Waals surface area contributed by atoms with Crippen LogP contribution in [0.25, 0.3) is 0 Å². The lowest BCUT2D eigenvalue weighted by Crippen LogP contribution is -2.50. The molecular formula is C6H7NO4. The van der Waals surface area contributed by atoms with E-state index in [9.17, 15) is 9.59 Å². The third kappa shape index (κ3) is 1.56. The quantitative estimate of drug-likeness (QED) is 0.308. The number of carbonyl (C=O) groups is 2. The van der Waals surface area contributed by atoms with Crippen LogP contribution in [0, 0.1) is 0 Å². The Balaban J connectivity index is 2.78. The molecule has 0 spiro atoms. The van der Waals surface area contributed by atoms with Crippen LogP contribution in [-0.2, 0) is 19.1 Å². The zero-order valence-corrected chi connectivity index (χ0v) is 5.70.